The van der Waals surface area contributed by atoms with Crippen LogP contribution in [0.4, 0.5) is 0 Å². The van der Waals surface area contributed by atoms with Crippen LogP contribution in [0, 0.1) is 0 Å². The third-order valence-corrected chi connectivity index (χ3v) is 3.16. The molecule has 2 aromatic rings. The zero-order valence-corrected chi connectivity index (χ0v) is 12.9. The molecule has 0 unspecified atom stereocenters. The first-order valence-electron chi connectivity index (χ1n) is 6.63. The topological polar surface area (TPSA) is 61.2 Å². The Morgan fingerprint density at radius 1 is 1.33 bits per heavy atom. The van der Waals surface area contributed by atoms with Gasteiger partial charge >= 0.3 is 0 Å². The molecule has 21 heavy (non-hydrogen) atoms. The van der Waals surface area contributed by atoms with Crippen molar-refractivity contribution >= 4 is 11.6 Å². The molecule has 7 heteroatoms. The van der Waals surface area contributed by atoms with Gasteiger partial charge < -0.3 is 14.8 Å². The summed E-state index contributed by atoms with van der Waals surface area (Å²) in [5, 5.41) is 8.29. The number of aromatic nitrogens is 3. The van der Waals surface area contributed by atoms with Crippen LogP contribution in [0.3, 0.4) is 0 Å². The van der Waals surface area contributed by atoms with Gasteiger partial charge in [0.05, 0.1) is 26.8 Å². The molecule has 114 valence electrons. The lowest BCUT2D eigenvalue weighted by Gasteiger charge is -2.08. The number of hydrogen-bond acceptors (Lipinski definition) is 5. The average Bonchev–Trinajstić information content (AvgIpc) is 2.91. The van der Waals surface area contributed by atoms with Gasteiger partial charge in [-0.1, -0.05) is 11.6 Å². The van der Waals surface area contributed by atoms with E-state index in [0.717, 1.165) is 23.7 Å². The number of benzene rings is 1. The van der Waals surface area contributed by atoms with Gasteiger partial charge in [0.1, 0.15) is 12.1 Å². The Balaban J connectivity index is 1.97. The molecule has 2 rings (SSSR count). The lowest BCUT2D eigenvalue weighted by molar-refractivity contribution is 0.199. The SMILES string of the molecule is COCCNCc1ncn(Cc2cc(Cl)ccc2OC)n1. The van der Waals surface area contributed by atoms with Gasteiger partial charge in [-0.15, -0.1) is 0 Å². The van der Waals surface area contributed by atoms with Crippen molar-refractivity contribution in [3.05, 3.63) is 40.9 Å². The first kappa shape index (κ1) is 15.8. The summed E-state index contributed by atoms with van der Waals surface area (Å²) in [7, 11) is 3.31. The van der Waals surface area contributed by atoms with Gasteiger partial charge in [0.15, 0.2) is 5.82 Å². The summed E-state index contributed by atoms with van der Waals surface area (Å²) in [6.07, 6.45) is 1.70. The third kappa shape index (κ3) is 4.70. The van der Waals surface area contributed by atoms with Gasteiger partial charge in [0, 0.05) is 24.2 Å². The molecule has 0 aliphatic carbocycles. The summed E-state index contributed by atoms with van der Waals surface area (Å²) in [5.74, 6) is 1.53. The molecule has 0 aliphatic rings. The second kappa shape index (κ2) is 7.97. The van der Waals surface area contributed by atoms with Gasteiger partial charge in [-0.25, -0.2) is 9.67 Å². The molecule has 0 saturated carbocycles. The Bertz CT molecular complexity index is 574. The Kier molecular flexibility index (Phi) is 5.98. The minimum Gasteiger partial charge on any atom is -0.496 e. The fourth-order valence-corrected chi connectivity index (χ4v) is 2.10. The molecule has 0 fully saturated rings. The van der Waals surface area contributed by atoms with Crippen LogP contribution in [0.15, 0.2) is 24.5 Å². The van der Waals surface area contributed by atoms with Crippen molar-refractivity contribution in [3.63, 3.8) is 0 Å². The van der Waals surface area contributed by atoms with Crippen LogP contribution in [0.5, 0.6) is 5.75 Å². The van der Waals surface area contributed by atoms with E-state index in [0.29, 0.717) is 24.7 Å². The van der Waals surface area contributed by atoms with E-state index in [1.807, 2.05) is 12.1 Å². The number of nitrogens with one attached hydrogen (secondary N) is 1. The number of ether oxygens (including phenoxy) is 2. The maximum absolute atomic E-state index is 6.02. The normalized spacial score (nSPS) is 10.8. The molecule has 0 saturated heterocycles. The number of halogens is 1. The maximum atomic E-state index is 6.02. The van der Waals surface area contributed by atoms with Crippen molar-refractivity contribution in [2.24, 2.45) is 0 Å². The predicted molar refractivity (Wildman–Crippen MR) is 80.7 cm³/mol. The van der Waals surface area contributed by atoms with Crippen LogP contribution >= 0.6 is 11.6 Å². The second-order valence-corrected chi connectivity index (χ2v) is 4.92. The molecule has 1 aromatic heterocycles. The highest BCUT2D eigenvalue weighted by atomic mass is 35.5. The first-order chi connectivity index (χ1) is 10.2. The Hall–Kier alpha value is -1.63. The van der Waals surface area contributed by atoms with E-state index in [-0.39, 0.29) is 0 Å². The molecule has 0 aliphatic heterocycles. The van der Waals surface area contributed by atoms with Crippen LogP contribution in [0.25, 0.3) is 0 Å². The molecule has 1 aromatic carbocycles. The average molecular weight is 311 g/mol. The molecule has 0 bridgehead atoms. The predicted octanol–water partition coefficient (Wildman–Crippen LogP) is 1.72. The summed E-state index contributed by atoms with van der Waals surface area (Å²) < 4.78 is 12.1. The summed E-state index contributed by atoms with van der Waals surface area (Å²) >= 11 is 6.02. The van der Waals surface area contributed by atoms with E-state index in [1.54, 1.807) is 31.3 Å². The molecule has 1 N–H and O–H groups in total. The number of rotatable bonds is 8. The van der Waals surface area contributed by atoms with Crippen molar-refractivity contribution in [1.29, 1.82) is 0 Å². The smallest absolute Gasteiger partial charge is 0.164 e. The fraction of sp³-hybridized carbons (Fsp3) is 0.429. The fourth-order valence-electron chi connectivity index (χ4n) is 1.91. The van der Waals surface area contributed by atoms with E-state index in [2.05, 4.69) is 15.4 Å². The number of hydrogen-bond donors (Lipinski definition) is 1. The van der Waals surface area contributed by atoms with Crippen molar-refractivity contribution in [3.8, 4) is 5.75 Å². The van der Waals surface area contributed by atoms with Crippen LogP contribution in [-0.4, -0.2) is 42.1 Å². The van der Waals surface area contributed by atoms with Crippen LogP contribution in [0.2, 0.25) is 5.02 Å². The summed E-state index contributed by atoms with van der Waals surface area (Å²) in [6, 6.07) is 5.52. The quantitative estimate of drug-likeness (QED) is 0.752. The number of methoxy groups -OCH3 is 2. The largest absolute Gasteiger partial charge is 0.496 e. The van der Waals surface area contributed by atoms with E-state index < -0.39 is 0 Å². The van der Waals surface area contributed by atoms with Gasteiger partial charge in [-0.2, -0.15) is 5.10 Å². The highest BCUT2D eigenvalue weighted by molar-refractivity contribution is 6.30. The molecule has 0 atom stereocenters. The van der Waals surface area contributed by atoms with Crippen molar-refractivity contribution in [1.82, 2.24) is 20.1 Å². The summed E-state index contributed by atoms with van der Waals surface area (Å²) in [4.78, 5) is 4.26. The zero-order valence-electron chi connectivity index (χ0n) is 12.2. The molecule has 6 nitrogen and oxygen atoms in total. The van der Waals surface area contributed by atoms with Gasteiger partial charge in [0.2, 0.25) is 0 Å². The molecule has 0 spiro atoms. The second-order valence-electron chi connectivity index (χ2n) is 4.48. The standard InChI is InChI=1S/C14H19ClN4O2/c1-20-6-5-16-8-14-17-10-19(18-14)9-11-7-12(15)3-4-13(11)21-2/h3-4,7,10,16H,5-6,8-9H2,1-2H3. The lowest BCUT2D eigenvalue weighted by Crippen LogP contribution is -2.19. The summed E-state index contributed by atoms with van der Waals surface area (Å²) in [6.45, 7) is 2.62. The number of nitrogens with zero attached hydrogens (tertiary/aromatic N) is 3. The molecular weight excluding hydrogens is 292 g/mol. The minimum absolute atomic E-state index is 0.564. The molecular formula is C14H19ClN4O2. The first-order valence-corrected chi connectivity index (χ1v) is 7.01. The summed E-state index contributed by atoms with van der Waals surface area (Å²) in [5.41, 5.74) is 0.966. The monoisotopic (exact) mass is 310 g/mol. The molecule has 1 heterocycles. The Labute approximate surface area is 129 Å². The molecule has 0 amide bonds. The molecule has 0 radical (unpaired) electrons. The van der Waals surface area contributed by atoms with Crippen molar-refractivity contribution < 1.29 is 9.47 Å². The third-order valence-electron chi connectivity index (χ3n) is 2.92. The highest BCUT2D eigenvalue weighted by Crippen LogP contribution is 2.23. The Morgan fingerprint density at radius 2 is 2.19 bits per heavy atom. The highest BCUT2D eigenvalue weighted by Gasteiger charge is 2.07. The maximum Gasteiger partial charge on any atom is 0.164 e. The van der Waals surface area contributed by atoms with Crippen molar-refractivity contribution in [2.75, 3.05) is 27.4 Å². The minimum atomic E-state index is 0.564. The van der Waals surface area contributed by atoms with E-state index >= 15 is 0 Å². The van der Waals surface area contributed by atoms with E-state index in [1.165, 1.54) is 0 Å². The Morgan fingerprint density at radius 3 is 2.95 bits per heavy atom. The van der Waals surface area contributed by atoms with E-state index in [4.69, 9.17) is 21.1 Å². The van der Waals surface area contributed by atoms with Gasteiger partial charge in [-0.05, 0) is 18.2 Å². The zero-order chi connectivity index (χ0) is 15.1. The van der Waals surface area contributed by atoms with Crippen LogP contribution in [-0.2, 0) is 17.8 Å². The van der Waals surface area contributed by atoms with Crippen LogP contribution in [0.1, 0.15) is 11.4 Å². The van der Waals surface area contributed by atoms with Gasteiger partial charge in [-0.3, -0.25) is 0 Å². The van der Waals surface area contributed by atoms with Crippen molar-refractivity contribution in [2.45, 2.75) is 13.1 Å². The van der Waals surface area contributed by atoms with E-state index in [9.17, 15) is 0 Å². The lowest BCUT2D eigenvalue weighted by atomic mass is 10.2. The van der Waals surface area contributed by atoms with Crippen LogP contribution < -0.4 is 10.1 Å². The van der Waals surface area contributed by atoms with Gasteiger partial charge in [0.25, 0.3) is 0 Å².